The van der Waals surface area contributed by atoms with Crippen molar-refractivity contribution in [3.05, 3.63) is 12.2 Å². The van der Waals surface area contributed by atoms with Crippen LogP contribution in [0.3, 0.4) is 0 Å². The summed E-state index contributed by atoms with van der Waals surface area (Å²) >= 11 is 0. The molecule has 2 N–H and O–H groups in total. The SMILES string of the molecule is CCCCCCCCCC/C=C/CCCC(=O)C1=NCC[N+]1(CCO)CC(O)CS(=O)(=O)[O-].[Na+]. The third-order valence-electron chi connectivity index (χ3n) is 6.14. The van der Waals surface area contributed by atoms with Gasteiger partial charge >= 0.3 is 29.6 Å². The van der Waals surface area contributed by atoms with Crippen molar-refractivity contribution < 1.29 is 62.0 Å². The number of ketones is 1. The Hall–Kier alpha value is -0.130. The van der Waals surface area contributed by atoms with Crippen LogP contribution in [0, 0.1) is 0 Å². The monoisotopic (exact) mass is 511 g/mol. The number of nitrogens with zero attached hydrogens (tertiary/aromatic N) is 2. The Morgan fingerprint density at radius 1 is 1.09 bits per heavy atom. The number of Topliss-reactive ketones (excluding diaryl/α,β-unsaturated/α-hetero) is 1. The number of hydrogen-bond acceptors (Lipinski definition) is 7. The molecule has 0 aromatic carbocycles. The number of carbonyl (C=O) groups excluding carboxylic acids is 1. The first-order chi connectivity index (χ1) is 15.7. The Labute approximate surface area is 228 Å². The summed E-state index contributed by atoms with van der Waals surface area (Å²) in [5.41, 5.74) is 0. The molecule has 1 heterocycles. The number of rotatable bonds is 20. The maximum Gasteiger partial charge on any atom is 1.00 e. The van der Waals surface area contributed by atoms with Crippen molar-refractivity contribution in [2.45, 2.75) is 90.1 Å². The van der Waals surface area contributed by atoms with Crippen LogP contribution in [-0.4, -0.2) is 83.9 Å². The molecule has 10 heteroatoms. The van der Waals surface area contributed by atoms with Crippen LogP contribution in [0.2, 0.25) is 0 Å². The molecule has 192 valence electrons. The number of aliphatic imine (C=N–C) groups is 1. The zero-order valence-electron chi connectivity index (χ0n) is 21.3. The van der Waals surface area contributed by atoms with E-state index in [1.165, 1.54) is 51.4 Å². The summed E-state index contributed by atoms with van der Waals surface area (Å²) in [6, 6.07) is 0. The predicted octanol–water partition coefficient (Wildman–Crippen LogP) is -0.0559. The van der Waals surface area contributed by atoms with E-state index in [0.29, 0.717) is 25.9 Å². The number of hydrogen-bond donors (Lipinski definition) is 2. The standard InChI is InChI=1S/C24H44N2O6S.Na/c1-2-3-4-5-6-7-8-9-10-11-12-13-14-15-23(29)24-25-16-17-26(24,18-19-27)20-22(28)21-33(30,31)32;/h11-12,22,27-28H,2-10,13-21H2,1H3;/q;+1/b12-11+;. The van der Waals surface area contributed by atoms with E-state index in [1.807, 2.05) is 0 Å². The largest absolute Gasteiger partial charge is 1.00 e. The predicted molar refractivity (Wildman–Crippen MR) is 130 cm³/mol. The van der Waals surface area contributed by atoms with Gasteiger partial charge in [-0.05, 0) is 25.7 Å². The number of unbranched alkanes of at least 4 members (excludes halogenated alkanes) is 9. The molecule has 0 aromatic rings. The van der Waals surface area contributed by atoms with Gasteiger partial charge in [0.05, 0.1) is 29.0 Å². The minimum Gasteiger partial charge on any atom is -0.748 e. The summed E-state index contributed by atoms with van der Waals surface area (Å²) in [5, 5.41) is 19.6. The quantitative estimate of drug-likeness (QED) is 0.0775. The van der Waals surface area contributed by atoms with E-state index < -0.39 is 22.0 Å². The second kappa shape index (κ2) is 19.0. The topological polar surface area (TPSA) is 127 Å². The first kappa shape index (κ1) is 33.9. The van der Waals surface area contributed by atoms with Gasteiger partial charge in [-0.1, -0.05) is 64.0 Å². The Kier molecular flexibility index (Phi) is 19.0. The van der Waals surface area contributed by atoms with Crippen LogP contribution < -0.4 is 29.6 Å². The Balaban J connectivity index is 0.0000109. The van der Waals surface area contributed by atoms with Gasteiger partial charge in [0, 0.05) is 6.42 Å². The van der Waals surface area contributed by atoms with Crippen LogP contribution in [0.25, 0.3) is 0 Å². The van der Waals surface area contributed by atoms with E-state index in [2.05, 4.69) is 24.1 Å². The fourth-order valence-corrected chi connectivity index (χ4v) is 5.03. The number of aliphatic hydroxyl groups is 2. The first-order valence-corrected chi connectivity index (χ1v) is 14.1. The number of quaternary nitrogens is 1. The van der Waals surface area contributed by atoms with Crippen LogP contribution in [-0.2, 0) is 14.9 Å². The van der Waals surface area contributed by atoms with Gasteiger partial charge in [-0.2, -0.15) is 0 Å². The molecule has 0 bridgehead atoms. The maximum absolute atomic E-state index is 12.8. The van der Waals surface area contributed by atoms with E-state index in [9.17, 15) is 28.0 Å². The third kappa shape index (κ3) is 14.4. The van der Waals surface area contributed by atoms with Crippen molar-refractivity contribution in [3.63, 3.8) is 0 Å². The summed E-state index contributed by atoms with van der Waals surface area (Å²) in [5.74, 6) is -0.785. The molecule has 0 amide bonds. The molecule has 2 unspecified atom stereocenters. The molecule has 0 saturated carbocycles. The van der Waals surface area contributed by atoms with Crippen LogP contribution >= 0.6 is 0 Å². The smallest absolute Gasteiger partial charge is 0.748 e. The van der Waals surface area contributed by atoms with Crippen molar-refractivity contribution in [2.24, 2.45) is 4.99 Å². The van der Waals surface area contributed by atoms with Crippen LogP contribution in [0.1, 0.15) is 84.0 Å². The zero-order valence-corrected chi connectivity index (χ0v) is 24.1. The van der Waals surface area contributed by atoms with E-state index in [4.69, 9.17) is 0 Å². The van der Waals surface area contributed by atoms with Gasteiger partial charge in [-0.15, -0.1) is 0 Å². The van der Waals surface area contributed by atoms with Gasteiger partial charge in [0.2, 0.25) is 5.78 Å². The molecule has 34 heavy (non-hydrogen) atoms. The summed E-state index contributed by atoms with van der Waals surface area (Å²) in [7, 11) is -4.59. The Morgan fingerprint density at radius 2 is 1.68 bits per heavy atom. The molecule has 1 aliphatic rings. The fourth-order valence-electron chi connectivity index (χ4n) is 4.45. The van der Waals surface area contributed by atoms with Crippen LogP contribution in [0.4, 0.5) is 0 Å². The minimum atomic E-state index is -4.59. The molecular formula is C24H44N2NaO6S+. The van der Waals surface area contributed by atoms with E-state index in [-0.39, 0.29) is 65.4 Å². The number of carbonyl (C=O) groups is 1. The van der Waals surface area contributed by atoms with Gasteiger partial charge in [0.1, 0.15) is 25.7 Å². The van der Waals surface area contributed by atoms with Crippen molar-refractivity contribution >= 4 is 21.7 Å². The molecular weight excluding hydrogens is 467 g/mol. The summed E-state index contributed by atoms with van der Waals surface area (Å²) in [6.07, 6.45) is 16.2. The number of aliphatic hydroxyl groups excluding tert-OH is 2. The molecule has 0 fully saturated rings. The molecule has 0 aliphatic carbocycles. The third-order valence-corrected chi connectivity index (χ3v) is 6.93. The van der Waals surface area contributed by atoms with E-state index in [0.717, 1.165) is 12.8 Å². The molecule has 1 rings (SSSR count). The van der Waals surface area contributed by atoms with Crippen LogP contribution in [0.5, 0.6) is 0 Å². The second-order valence-corrected chi connectivity index (χ2v) is 10.6. The first-order valence-electron chi connectivity index (χ1n) is 12.6. The van der Waals surface area contributed by atoms with Crippen molar-refractivity contribution in [1.82, 2.24) is 0 Å². The van der Waals surface area contributed by atoms with Crippen molar-refractivity contribution in [2.75, 3.05) is 38.5 Å². The normalized spacial score (nSPS) is 19.2. The van der Waals surface area contributed by atoms with E-state index in [1.54, 1.807) is 0 Å². The fraction of sp³-hybridized carbons (Fsp3) is 0.833. The second-order valence-electron chi connectivity index (χ2n) is 9.13. The number of amidine groups is 1. The van der Waals surface area contributed by atoms with Crippen molar-refractivity contribution in [3.8, 4) is 0 Å². The van der Waals surface area contributed by atoms with Gasteiger partial charge in [0.15, 0.2) is 0 Å². The van der Waals surface area contributed by atoms with Gasteiger partial charge in [-0.25, -0.2) is 13.4 Å². The van der Waals surface area contributed by atoms with Gasteiger partial charge in [0.25, 0.3) is 5.84 Å². The Bertz CT molecular complexity index is 729. The number of allylic oxidation sites excluding steroid dienone is 2. The molecule has 1 aliphatic heterocycles. The molecule has 2 atom stereocenters. The molecule has 0 saturated heterocycles. The van der Waals surface area contributed by atoms with Crippen LogP contribution in [0.15, 0.2) is 17.1 Å². The molecule has 8 nitrogen and oxygen atoms in total. The maximum atomic E-state index is 12.8. The van der Waals surface area contributed by atoms with Crippen molar-refractivity contribution in [1.29, 1.82) is 0 Å². The zero-order chi connectivity index (χ0) is 24.6. The average Bonchev–Trinajstić information content (AvgIpc) is 3.13. The summed E-state index contributed by atoms with van der Waals surface area (Å²) in [4.78, 5) is 17.1. The van der Waals surface area contributed by atoms with Gasteiger partial charge < -0.3 is 14.8 Å². The minimum absolute atomic E-state index is 0. The van der Waals surface area contributed by atoms with Gasteiger partial charge in [-0.3, -0.25) is 9.28 Å². The summed E-state index contributed by atoms with van der Waals surface area (Å²) in [6.45, 7) is 2.80. The van der Waals surface area contributed by atoms with E-state index >= 15 is 0 Å². The Morgan fingerprint density at radius 3 is 2.26 bits per heavy atom. The average molecular weight is 512 g/mol. The molecule has 0 radical (unpaired) electrons. The molecule has 0 spiro atoms. The summed E-state index contributed by atoms with van der Waals surface area (Å²) < 4.78 is 32.8. The molecule has 0 aromatic heterocycles.